The fourth-order valence-corrected chi connectivity index (χ4v) is 2.68. The van der Waals surface area contributed by atoms with Gasteiger partial charge in [-0.15, -0.1) is 11.8 Å². The van der Waals surface area contributed by atoms with Crippen LogP contribution in [0, 0.1) is 0 Å². The standard InChI is InChI=1S/C15H15ClN2S2/c16-12-6-8-14(9-7-12)20-11-10-17-15(19)18-13-4-2-1-3-5-13/h1-9H,10-11H2,(H2,17,18,19). The Balaban J connectivity index is 1.66. The maximum Gasteiger partial charge on any atom is 0.170 e. The van der Waals surface area contributed by atoms with Crippen molar-refractivity contribution in [3.63, 3.8) is 0 Å². The highest BCUT2D eigenvalue weighted by Gasteiger charge is 1.97. The average Bonchev–Trinajstić information content (AvgIpc) is 2.46. The Morgan fingerprint density at radius 3 is 2.45 bits per heavy atom. The number of halogens is 1. The molecule has 20 heavy (non-hydrogen) atoms. The van der Waals surface area contributed by atoms with Crippen LogP contribution in [0.15, 0.2) is 59.5 Å². The van der Waals surface area contributed by atoms with Gasteiger partial charge < -0.3 is 10.6 Å². The third-order valence-corrected chi connectivity index (χ3v) is 4.01. The predicted molar refractivity (Wildman–Crippen MR) is 92.8 cm³/mol. The number of hydrogen-bond donors (Lipinski definition) is 2. The van der Waals surface area contributed by atoms with Gasteiger partial charge >= 0.3 is 0 Å². The Hall–Kier alpha value is -1.23. The summed E-state index contributed by atoms with van der Waals surface area (Å²) >= 11 is 12.8. The van der Waals surface area contributed by atoms with E-state index in [4.69, 9.17) is 23.8 Å². The highest BCUT2D eigenvalue weighted by atomic mass is 35.5. The minimum Gasteiger partial charge on any atom is -0.362 e. The van der Waals surface area contributed by atoms with Gasteiger partial charge in [0.05, 0.1) is 0 Å². The molecule has 0 bridgehead atoms. The molecule has 0 saturated carbocycles. The van der Waals surface area contributed by atoms with E-state index in [1.807, 2.05) is 54.6 Å². The van der Waals surface area contributed by atoms with Crippen LogP contribution in [-0.4, -0.2) is 17.4 Å². The zero-order valence-electron chi connectivity index (χ0n) is 10.8. The van der Waals surface area contributed by atoms with Crippen LogP contribution in [0.2, 0.25) is 5.02 Å². The Kier molecular flexibility index (Phi) is 6.18. The number of hydrogen-bond acceptors (Lipinski definition) is 2. The molecule has 2 rings (SSSR count). The SMILES string of the molecule is S=C(NCCSc1ccc(Cl)cc1)Nc1ccccc1. The van der Waals surface area contributed by atoms with E-state index in [1.165, 1.54) is 4.90 Å². The van der Waals surface area contributed by atoms with Crippen LogP contribution in [0.25, 0.3) is 0 Å². The minimum absolute atomic E-state index is 0.646. The van der Waals surface area contributed by atoms with E-state index < -0.39 is 0 Å². The molecule has 0 atom stereocenters. The summed E-state index contributed by atoms with van der Waals surface area (Å²) in [5, 5.41) is 7.74. The maximum atomic E-state index is 5.84. The van der Waals surface area contributed by atoms with Gasteiger partial charge in [-0.1, -0.05) is 29.8 Å². The first kappa shape index (κ1) is 15.2. The number of rotatable bonds is 5. The Labute approximate surface area is 133 Å². The normalized spacial score (nSPS) is 10.1. The molecule has 2 aromatic carbocycles. The molecule has 2 N–H and O–H groups in total. The lowest BCUT2D eigenvalue weighted by Gasteiger charge is -2.10. The topological polar surface area (TPSA) is 24.1 Å². The average molecular weight is 323 g/mol. The molecule has 2 aromatic rings. The Morgan fingerprint density at radius 2 is 1.75 bits per heavy atom. The van der Waals surface area contributed by atoms with Crippen molar-refractivity contribution >= 4 is 46.4 Å². The molecule has 0 saturated heterocycles. The predicted octanol–water partition coefficient (Wildman–Crippen LogP) is 4.42. The molecule has 0 aromatic heterocycles. The minimum atomic E-state index is 0.646. The first-order valence-electron chi connectivity index (χ1n) is 6.22. The largest absolute Gasteiger partial charge is 0.362 e. The van der Waals surface area contributed by atoms with Crippen molar-refractivity contribution in [2.45, 2.75) is 4.90 Å². The smallest absolute Gasteiger partial charge is 0.170 e. The van der Waals surface area contributed by atoms with Crippen LogP contribution in [0.3, 0.4) is 0 Å². The second-order valence-electron chi connectivity index (χ2n) is 4.05. The van der Waals surface area contributed by atoms with Gasteiger partial charge in [-0.2, -0.15) is 0 Å². The van der Waals surface area contributed by atoms with Crippen LogP contribution in [-0.2, 0) is 0 Å². The zero-order valence-corrected chi connectivity index (χ0v) is 13.2. The summed E-state index contributed by atoms with van der Waals surface area (Å²) in [4.78, 5) is 1.21. The van der Waals surface area contributed by atoms with Gasteiger partial charge in [0.25, 0.3) is 0 Å². The van der Waals surface area contributed by atoms with Crippen molar-refractivity contribution in [1.29, 1.82) is 0 Å². The van der Waals surface area contributed by atoms with Crippen LogP contribution < -0.4 is 10.6 Å². The highest BCUT2D eigenvalue weighted by Crippen LogP contribution is 2.19. The van der Waals surface area contributed by atoms with Gasteiger partial charge in [-0.25, -0.2) is 0 Å². The molecule has 0 radical (unpaired) electrons. The summed E-state index contributed by atoms with van der Waals surface area (Å²) in [6.07, 6.45) is 0. The third kappa shape index (κ3) is 5.41. The summed E-state index contributed by atoms with van der Waals surface area (Å²) in [7, 11) is 0. The molecule has 0 aliphatic carbocycles. The van der Waals surface area contributed by atoms with Gasteiger partial charge in [0.1, 0.15) is 0 Å². The molecular weight excluding hydrogens is 308 g/mol. The third-order valence-electron chi connectivity index (χ3n) is 2.50. The van der Waals surface area contributed by atoms with Crippen molar-refractivity contribution in [1.82, 2.24) is 5.32 Å². The van der Waals surface area contributed by atoms with Crippen molar-refractivity contribution in [3.8, 4) is 0 Å². The van der Waals surface area contributed by atoms with E-state index in [9.17, 15) is 0 Å². The van der Waals surface area contributed by atoms with Crippen molar-refractivity contribution in [2.24, 2.45) is 0 Å². The van der Waals surface area contributed by atoms with Crippen LogP contribution in [0.1, 0.15) is 0 Å². The molecule has 5 heteroatoms. The van der Waals surface area contributed by atoms with E-state index in [-0.39, 0.29) is 0 Å². The fraction of sp³-hybridized carbons (Fsp3) is 0.133. The molecule has 0 unspecified atom stereocenters. The second kappa shape index (κ2) is 8.15. The first-order chi connectivity index (χ1) is 9.74. The zero-order chi connectivity index (χ0) is 14.2. The van der Waals surface area contributed by atoms with Gasteiger partial charge in [0.2, 0.25) is 0 Å². The van der Waals surface area contributed by atoms with Gasteiger partial charge in [-0.05, 0) is 48.6 Å². The van der Waals surface area contributed by atoms with Crippen molar-refractivity contribution < 1.29 is 0 Å². The number of anilines is 1. The van der Waals surface area contributed by atoms with E-state index in [2.05, 4.69) is 10.6 Å². The van der Waals surface area contributed by atoms with E-state index in [0.717, 1.165) is 23.0 Å². The van der Waals surface area contributed by atoms with Crippen molar-refractivity contribution in [2.75, 3.05) is 17.6 Å². The Morgan fingerprint density at radius 1 is 1.05 bits per heavy atom. The first-order valence-corrected chi connectivity index (χ1v) is 7.99. The number of thiocarbonyl (C=S) groups is 1. The molecule has 104 valence electrons. The molecule has 0 spiro atoms. The van der Waals surface area contributed by atoms with Crippen LogP contribution in [0.4, 0.5) is 5.69 Å². The van der Waals surface area contributed by atoms with E-state index in [1.54, 1.807) is 11.8 Å². The molecule has 0 heterocycles. The van der Waals surface area contributed by atoms with Crippen molar-refractivity contribution in [3.05, 3.63) is 59.6 Å². The number of para-hydroxylation sites is 1. The lowest BCUT2D eigenvalue weighted by molar-refractivity contribution is 0.990. The van der Waals surface area contributed by atoms with Gasteiger partial charge in [0.15, 0.2) is 5.11 Å². The fourth-order valence-electron chi connectivity index (χ4n) is 1.56. The summed E-state index contributed by atoms with van der Waals surface area (Å²) in [5.74, 6) is 0.943. The molecule has 2 nitrogen and oxygen atoms in total. The quantitative estimate of drug-likeness (QED) is 0.483. The van der Waals surface area contributed by atoms with Crippen LogP contribution >= 0.6 is 35.6 Å². The Bertz CT molecular complexity index is 544. The van der Waals surface area contributed by atoms with E-state index in [0.29, 0.717) is 5.11 Å². The maximum absolute atomic E-state index is 5.84. The number of nitrogens with one attached hydrogen (secondary N) is 2. The lowest BCUT2D eigenvalue weighted by Crippen LogP contribution is -2.30. The molecule has 0 aliphatic rings. The monoisotopic (exact) mass is 322 g/mol. The molecule has 0 aliphatic heterocycles. The number of thioether (sulfide) groups is 1. The molecule has 0 fully saturated rings. The second-order valence-corrected chi connectivity index (χ2v) is 6.06. The van der Waals surface area contributed by atoms with E-state index >= 15 is 0 Å². The van der Waals surface area contributed by atoms with Gasteiger partial charge in [0, 0.05) is 27.9 Å². The summed E-state index contributed by atoms with van der Waals surface area (Å²) < 4.78 is 0. The summed E-state index contributed by atoms with van der Waals surface area (Å²) in [5.41, 5.74) is 0.996. The summed E-state index contributed by atoms with van der Waals surface area (Å²) in [6, 6.07) is 17.7. The van der Waals surface area contributed by atoms with Crippen LogP contribution in [0.5, 0.6) is 0 Å². The lowest BCUT2D eigenvalue weighted by atomic mass is 10.3. The molecular formula is C15H15ClN2S2. The summed E-state index contributed by atoms with van der Waals surface area (Å²) in [6.45, 7) is 0.811. The highest BCUT2D eigenvalue weighted by molar-refractivity contribution is 7.99. The number of benzene rings is 2. The van der Waals surface area contributed by atoms with Gasteiger partial charge in [-0.3, -0.25) is 0 Å². The molecule has 0 amide bonds.